The van der Waals surface area contributed by atoms with E-state index in [0.29, 0.717) is 13.1 Å². The summed E-state index contributed by atoms with van der Waals surface area (Å²) in [6.07, 6.45) is 1.71. The minimum atomic E-state index is -3.53. The monoisotopic (exact) mass is 297 g/mol. The van der Waals surface area contributed by atoms with E-state index in [0.717, 1.165) is 12.8 Å². The molecule has 0 radical (unpaired) electrons. The van der Waals surface area contributed by atoms with E-state index in [1.807, 2.05) is 0 Å². The van der Waals surface area contributed by atoms with Gasteiger partial charge < -0.3 is 4.55 Å². The predicted octanol–water partition coefficient (Wildman–Crippen LogP) is -2.29. The Kier molecular flexibility index (Phi) is 5.98. The quantitative estimate of drug-likeness (QED) is 0.465. The molecule has 1 aliphatic heterocycles. The van der Waals surface area contributed by atoms with Crippen LogP contribution in [0.15, 0.2) is 34.1 Å². The van der Waals surface area contributed by atoms with E-state index >= 15 is 0 Å². The number of rotatable bonds is 3. The minimum Gasteiger partial charge on any atom is -0.768 e. The molecular formula is C10H12NNaO4S2. The maximum absolute atomic E-state index is 12.1. The molecule has 0 saturated carbocycles. The summed E-state index contributed by atoms with van der Waals surface area (Å²) in [5, 5.41) is 0. The zero-order valence-corrected chi connectivity index (χ0v) is 13.7. The summed E-state index contributed by atoms with van der Waals surface area (Å²) in [5.74, 6) is 0. The van der Waals surface area contributed by atoms with Crippen LogP contribution in [0.4, 0.5) is 0 Å². The van der Waals surface area contributed by atoms with Crippen LogP contribution in [-0.2, 0) is 21.1 Å². The summed E-state index contributed by atoms with van der Waals surface area (Å²) < 4.78 is 47.2. The van der Waals surface area contributed by atoms with Crippen LogP contribution in [-0.4, -0.2) is 34.6 Å². The fraction of sp³-hybridized carbons (Fsp3) is 0.400. The van der Waals surface area contributed by atoms with Gasteiger partial charge in [0, 0.05) is 18.0 Å². The molecule has 0 amide bonds. The second-order valence-electron chi connectivity index (χ2n) is 3.82. The topological polar surface area (TPSA) is 77.5 Å². The van der Waals surface area contributed by atoms with Crippen LogP contribution in [0.25, 0.3) is 0 Å². The molecular weight excluding hydrogens is 285 g/mol. The van der Waals surface area contributed by atoms with Crippen LogP contribution in [0.5, 0.6) is 0 Å². The third-order valence-corrected chi connectivity index (χ3v) is 5.23. The molecule has 0 N–H and O–H groups in total. The molecule has 1 fully saturated rings. The molecule has 0 aromatic heterocycles. The number of sulfonamides is 1. The zero-order valence-electron chi connectivity index (χ0n) is 10.0. The molecule has 1 unspecified atom stereocenters. The first-order valence-corrected chi connectivity index (χ1v) is 7.73. The molecule has 1 atom stereocenters. The van der Waals surface area contributed by atoms with Crippen LogP contribution in [0.2, 0.25) is 0 Å². The Bertz CT molecular complexity index is 541. The summed E-state index contributed by atoms with van der Waals surface area (Å²) in [6.45, 7) is 1.01. The minimum absolute atomic E-state index is 0. The van der Waals surface area contributed by atoms with Gasteiger partial charge in [-0.2, -0.15) is 4.31 Å². The molecule has 0 spiro atoms. The van der Waals surface area contributed by atoms with Crippen LogP contribution >= 0.6 is 0 Å². The first kappa shape index (κ1) is 16.3. The molecule has 1 saturated heterocycles. The maximum Gasteiger partial charge on any atom is 1.00 e. The fourth-order valence-electron chi connectivity index (χ4n) is 1.82. The molecule has 8 heteroatoms. The smallest absolute Gasteiger partial charge is 0.768 e. The second kappa shape index (κ2) is 6.60. The van der Waals surface area contributed by atoms with Crippen molar-refractivity contribution in [3.8, 4) is 0 Å². The van der Waals surface area contributed by atoms with Gasteiger partial charge >= 0.3 is 29.6 Å². The van der Waals surface area contributed by atoms with Crippen molar-refractivity contribution in [1.82, 2.24) is 4.31 Å². The van der Waals surface area contributed by atoms with E-state index in [2.05, 4.69) is 0 Å². The van der Waals surface area contributed by atoms with Gasteiger partial charge in [0.2, 0.25) is 10.0 Å². The molecule has 5 nitrogen and oxygen atoms in total. The number of benzene rings is 1. The van der Waals surface area contributed by atoms with Crippen LogP contribution in [0.1, 0.15) is 12.8 Å². The van der Waals surface area contributed by atoms with Gasteiger partial charge in [-0.25, -0.2) is 8.42 Å². The second-order valence-corrected chi connectivity index (χ2v) is 6.70. The van der Waals surface area contributed by atoms with Crippen molar-refractivity contribution < 1.29 is 46.7 Å². The van der Waals surface area contributed by atoms with Gasteiger partial charge in [-0.15, -0.1) is 0 Å². The summed E-state index contributed by atoms with van der Waals surface area (Å²) in [4.78, 5) is 0.0337. The standard InChI is InChI=1S/C10H13NO4S2.Na/c12-16(13)9-4-3-5-10(8-9)17(14,15)11-6-1-2-7-11;/h3-5,8H,1-2,6-7H2,(H,12,13);/q;+1/p-1. The Morgan fingerprint density at radius 3 is 2.39 bits per heavy atom. The van der Waals surface area contributed by atoms with Crippen molar-refractivity contribution in [3.05, 3.63) is 24.3 Å². The molecule has 18 heavy (non-hydrogen) atoms. The van der Waals surface area contributed by atoms with Gasteiger partial charge in [0.15, 0.2) is 0 Å². The molecule has 2 rings (SSSR count). The van der Waals surface area contributed by atoms with E-state index in [1.165, 1.54) is 28.6 Å². The molecule has 1 heterocycles. The van der Waals surface area contributed by atoms with Crippen LogP contribution in [0.3, 0.4) is 0 Å². The maximum atomic E-state index is 12.1. The number of hydrogen-bond donors (Lipinski definition) is 0. The van der Waals surface area contributed by atoms with Gasteiger partial charge in [0.05, 0.1) is 4.90 Å². The van der Waals surface area contributed by atoms with E-state index in [1.54, 1.807) is 0 Å². The van der Waals surface area contributed by atoms with Crippen molar-refractivity contribution in [1.29, 1.82) is 0 Å². The Balaban J connectivity index is 0.00000162. The first-order chi connectivity index (χ1) is 8.01. The van der Waals surface area contributed by atoms with Gasteiger partial charge in [0.25, 0.3) is 0 Å². The Morgan fingerprint density at radius 2 is 1.83 bits per heavy atom. The van der Waals surface area contributed by atoms with Crippen molar-refractivity contribution in [2.75, 3.05) is 13.1 Å². The van der Waals surface area contributed by atoms with E-state index < -0.39 is 21.1 Å². The van der Waals surface area contributed by atoms with Crippen molar-refractivity contribution >= 4 is 21.1 Å². The Hall–Kier alpha value is 0.240. The Labute approximate surface area is 131 Å². The van der Waals surface area contributed by atoms with Crippen molar-refractivity contribution in [2.45, 2.75) is 22.6 Å². The van der Waals surface area contributed by atoms with E-state index in [-0.39, 0.29) is 39.3 Å². The van der Waals surface area contributed by atoms with Gasteiger partial charge in [-0.3, -0.25) is 4.21 Å². The molecule has 1 aliphatic rings. The molecule has 1 aromatic carbocycles. The van der Waals surface area contributed by atoms with Crippen molar-refractivity contribution in [2.24, 2.45) is 0 Å². The Morgan fingerprint density at radius 1 is 1.22 bits per heavy atom. The SMILES string of the molecule is O=S([O-])c1cccc(S(=O)(=O)N2CCCC2)c1.[Na+]. The van der Waals surface area contributed by atoms with Crippen molar-refractivity contribution in [3.63, 3.8) is 0 Å². The molecule has 0 bridgehead atoms. The summed E-state index contributed by atoms with van der Waals surface area (Å²) >= 11 is -2.41. The third kappa shape index (κ3) is 3.41. The van der Waals surface area contributed by atoms with Crippen LogP contribution in [0, 0.1) is 0 Å². The number of nitrogens with zero attached hydrogens (tertiary/aromatic N) is 1. The fourth-order valence-corrected chi connectivity index (χ4v) is 3.87. The summed E-state index contributed by atoms with van der Waals surface area (Å²) in [6, 6.07) is 5.42. The third-order valence-electron chi connectivity index (χ3n) is 2.70. The normalized spacial score (nSPS) is 18.3. The average Bonchev–Trinajstić information content (AvgIpc) is 2.83. The van der Waals surface area contributed by atoms with E-state index in [9.17, 15) is 17.2 Å². The summed E-state index contributed by atoms with van der Waals surface area (Å²) in [7, 11) is -3.53. The van der Waals surface area contributed by atoms with Gasteiger partial charge in [0.1, 0.15) is 0 Å². The summed E-state index contributed by atoms with van der Waals surface area (Å²) in [5.41, 5.74) is 0. The average molecular weight is 297 g/mol. The van der Waals surface area contributed by atoms with E-state index in [4.69, 9.17) is 0 Å². The molecule has 94 valence electrons. The first-order valence-electron chi connectivity index (χ1n) is 5.21. The van der Waals surface area contributed by atoms with Gasteiger partial charge in [-0.1, -0.05) is 6.07 Å². The van der Waals surface area contributed by atoms with Crippen LogP contribution < -0.4 is 29.6 Å². The zero-order chi connectivity index (χ0) is 12.5. The largest absolute Gasteiger partial charge is 1.00 e. The molecule has 0 aliphatic carbocycles. The predicted molar refractivity (Wildman–Crippen MR) is 61.6 cm³/mol. The number of hydrogen-bond acceptors (Lipinski definition) is 4. The van der Waals surface area contributed by atoms with Gasteiger partial charge in [-0.05, 0) is 42.1 Å². The molecule has 1 aromatic rings.